The van der Waals surface area contributed by atoms with Gasteiger partial charge in [-0.2, -0.15) is 4.31 Å². The van der Waals surface area contributed by atoms with Gasteiger partial charge in [0.2, 0.25) is 10.0 Å². The number of hydrogen-bond acceptors (Lipinski definition) is 3. The molecule has 1 heterocycles. The molecule has 2 aromatic carbocycles. The van der Waals surface area contributed by atoms with Crippen LogP contribution in [0.15, 0.2) is 59.5 Å². The number of sulfonamides is 1. The fourth-order valence-corrected chi connectivity index (χ4v) is 4.68. The second kappa shape index (κ2) is 7.61. The second-order valence-corrected chi connectivity index (χ2v) is 7.73. The lowest BCUT2D eigenvalue weighted by atomic mass is 9.89. The lowest BCUT2D eigenvalue weighted by molar-refractivity contribution is 0.458. The van der Waals surface area contributed by atoms with Crippen molar-refractivity contribution in [1.82, 2.24) is 4.31 Å². The van der Waals surface area contributed by atoms with Gasteiger partial charge >= 0.3 is 0 Å². The highest BCUT2D eigenvalue weighted by Crippen LogP contribution is 2.35. The van der Waals surface area contributed by atoms with E-state index in [4.69, 9.17) is 5.73 Å². The van der Waals surface area contributed by atoms with Crippen LogP contribution in [-0.2, 0) is 10.0 Å². The van der Waals surface area contributed by atoms with Crippen molar-refractivity contribution in [1.29, 1.82) is 0 Å². The summed E-state index contributed by atoms with van der Waals surface area (Å²) < 4.78 is 40.3. The summed E-state index contributed by atoms with van der Waals surface area (Å²) in [6.45, 7) is 1.13. The first-order valence-electron chi connectivity index (χ1n) is 7.53. The van der Waals surface area contributed by atoms with Crippen LogP contribution in [0, 0.1) is 11.7 Å². The molecule has 0 spiro atoms. The molecule has 0 bridgehead atoms. The summed E-state index contributed by atoms with van der Waals surface area (Å²) in [6.07, 6.45) is 0. The van der Waals surface area contributed by atoms with Crippen LogP contribution in [0.1, 0.15) is 11.5 Å². The van der Waals surface area contributed by atoms with Gasteiger partial charge in [0, 0.05) is 19.0 Å². The predicted molar refractivity (Wildman–Crippen MR) is 94.1 cm³/mol. The Hall–Kier alpha value is -1.47. The van der Waals surface area contributed by atoms with Crippen molar-refractivity contribution < 1.29 is 12.8 Å². The Morgan fingerprint density at radius 1 is 1.08 bits per heavy atom. The molecule has 0 aliphatic carbocycles. The zero-order chi connectivity index (χ0) is 16.4. The van der Waals surface area contributed by atoms with Crippen LogP contribution in [0.4, 0.5) is 4.39 Å². The third-order valence-electron chi connectivity index (χ3n) is 4.37. The third-order valence-corrected chi connectivity index (χ3v) is 6.20. The highest BCUT2D eigenvalue weighted by Gasteiger charge is 2.39. The van der Waals surface area contributed by atoms with Gasteiger partial charge in [-0.15, -0.1) is 12.4 Å². The molecule has 130 valence electrons. The first-order valence-corrected chi connectivity index (χ1v) is 8.97. The maximum absolute atomic E-state index is 13.4. The van der Waals surface area contributed by atoms with E-state index in [1.165, 1.54) is 22.5 Å². The summed E-state index contributed by atoms with van der Waals surface area (Å²) in [5.74, 6) is -0.439. The summed E-state index contributed by atoms with van der Waals surface area (Å²) in [5, 5.41) is 0. The average molecular weight is 371 g/mol. The topological polar surface area (TPSA) is 63.4 Å². The van der Waals surface area contributed by atoms with Crippen molar-refractivity contribution in [3.05, 3.63) is 66.0 Å². The highest BCUT2D eigenvalue weighted by molar-refractivity contribution is 7.89. The largest absolute Gasteiger partial charge is 0.330 e. The van der Waals surface area contributed by atoms with Crippen molar-refractivity contribution in [3.63, 3.8) is 0 Å². The summed E-state index contributed by atoms with van der Waals surface area (Å²) in [5.41, 5.74) is 6.93. The minimum Gasteiger partial charge on any atom is -0.330 e. The van der Waals surface area contributed by atoms with Gasteiger partial charge < -0.3 is 5.73 Å². The van der Waals surface area contributed by atoms with E-state index in [2.05, 4.69) is 0 Å². The summed E-state index contributed by atoms with van der Waals surface area (Å²) >= 11 is 0. The molecule has 2 aromatic rings. The molecule has 1 saturated heterocycles. The average Bonchev–Trinajstić information content (AvgIpc) is 3.01. The molecule has 1 aliphatic rings. The fraction of sp³-hybridized carbons (Fsp3) is 0.294. The molecule has 0 amide bonds. The SMILES string of the molecule is Cl.NC[C@@H]1CN(S(=O)(=O)c2cccc(F)c2)C[C@H]1c1ccccc1. The molecule has 0 radical (unpaired) electrons. The third kappa shape index (κ3) is 3.62. The van der Waals surface area contributed by atoms with E-state index in [0.717, 1.165) is 11.6 Å². The van der Waals surface area contributed by atoms with Crippen LogP contribution in [0.5, 0.6) is 0 Å². The number of benzene rings is 2. The van der Waals surface area contributed by atoms with E-state index < -0.39 is 15.8 Å². The Labute approximate surface area is 147 Å². The Bertz CT molecular complexity index is 786. The molecule has 0 saturated carbocycles. The van der Waals surface area contributed by atoms with Crippen molar-refractivity contribution in [2.75, 3.05) is 19.6 Å². The predicted octanol–water partition coefficient (Wildman–Crippen LogP) is 2.61. The summed E-state index contributed by atoms with van der Waals surface area (Å²) in [7, 11) is -3.71. The Morgan fingerprint density at radius 2 is 1.79 bits per heavy atom. The molecular formula is C17H20ClFN2O2S. The van der Waals surface area contributed by atoms with E-state index >= 15 is 0 Å². The zero-order valence-corrected chi connectivity index (χ0v) is 14.6. The Morgan fingerprint density at radius 3 is 2.42 bits per heavy atom. The minimum atomic E-state index is -3.71. The maximum Gasteiger partial charge on any atom is 0.243 e. The van der Waals surface area contributed by atoms with Crippen molar-refractivity contribution in [3.8, 4) is 0 Å². The summed E-state index contributed by atoms with van der Waals surface area (Å²) in [4.78, 5) is -0.0121. The molecular weight excluding hydrogens is 351 g/mol. The van der Waals surface area contributed by atoms with Crippen molar-refractivity contribution in [2.45, 2.75) is 10.8 Å². The van der Waals surface area contributed by atoms with Gasteiger partial charge in [-0.25, -0.2) is 12.8 Å². The van der Waals surface area contributed by atoms with Gasteiger partial charge in [-0.3, -0.25) is 0 Å². The molecule has 1 aliphatic heterocycles. The lowest BCUT2D eigenvalue weighted by Crippen LogP contribution is -2.30. The molecule has 1 fully saturated rings. The first kappa shape index (κ1) is 18.9. The van der Waals surface area contributed by atoms with E-state index in [9.17, 15) is 12.8 Å². The maximum atomic E-state index is 13.4. The van der Waals surface area contributed by atoms with E-state index in [1.54, 1.807) is 0 Å². The molecule has 4 nitrogen and oxygen atoms in total. The lowest BCUT2D eigenvalue weighted by Gasteiger charge is -2.17. The smallest absolute Gasteiger partial charge is 0.243 e. The van der Waals surface area contributed by atoms with Crippen LogP contribution in [0.3, 0.4) is 0 Å². The molecule has 0 unspecified atom stereocenters. The van der Waals surface area contributed by atoms with Crippen molar-refractivity contribution >= 4 is 22.4 Å². The van der Waals surface area contributed by atoms with Gasteiger partial charge in [-0.05, 0) is 36.2 Å². The van der Waals surface area contributed by atoms with Crippen LogP contribution < -0.4 is 5.73 Å². The Kier molecular flexibility index (Phi) is 5.98. The Balaban J connectivity index is 0.00000208. The second-order valence-electron chi connectivity index (χ2n) is 5.79. The van der Waals surface area contributed by atoms with Crippen LogP contribution in [0.25, 0.3) is 0 Å². The molecule has 7 heteroatoms. The van der Waals surface area contributed by atoms with Gasteiger partial charge in [0.15, 0.2) is 0 Å². The number of rotatable bonds is 4. The van der Waals surface area contributed by atoms with Crippen LogP contribution in [-0.4, -0.2) is 32.4 Å². The number of nitrogens with two attached hydrogens (primary N) is 1. The molecule has 3 rings (SSSR count). The van der Waals surface area contributed by atoms with Crippen LogP contribution in [0.2, 0.25) is 0 Å². The number of halogens is 2. The van der Waals surface area contributed by atoms with E-state index in [0.29, 0.717) is 19.6 Å². The first-order chi connectivity index (χ1) is 11.0. The van der Waals surface area contributed by atoms with Crippen LogP contribution >= 0.6 is 12.4 Å². The van der Waals surface area contributed by atoms with Gasteiger partial charge in [0.05, 0.1) is 4.90 Å². The van der Waals surface area contributed by atoms with E-state index in [1.807, 2.05) is 30.3 Å². The quantitative estimate of drug-likeness (QED) is 0.899. The number of nitrogens with zero attached hydrogens (tertiary/aromatic N) is 1. The normalized spacial score (nSPS) is 21.4. The number of hydrogen-bond donors (Lipinski definition) is 1. The molecule has 2 atom stereocenters. The molecule has 24 heavy (non-hydrogen) atoms. The fourth-order valence-electron chi connectivity index (χ4n) is 3.12. The van der Waals surface area contributed by atoms with E-state index in [-0.39, 0.29) is 29.1 Å². The van der Waals surface area contributed by atoms with Gasteiger partial charge in [0.25, 0.3) is 0 Å². The molecule has 0 aromatic heterocycles. The monoisotopic (exact) mass is 370 g/mol. The van der Waals surface area contributed by atoms with Crippen molar-refractivity contribution in [2.24, 2.45) is 11.7 Å². The molecule has 2 N–H and O–H groups in total. The van der Waals surface area contributed by atoms with Gasteiger partial charge in [-0.1, -0.05) is 36.4 Å². The summed E-state index contributed by atoms with van der Waals surface area (Å²) in [6, 6.07) is 14.9. The highest BCUT2D eigenvalue weighted by atomic mass is 35.5. The minimum absolute atomic E-state index is 0. The zero-order valence-electron chi connectivity index (χ0n) is 13.0. The standard InChI is InChI=1S/C17H19FN2O2S.ClH/c18-15-7-4-8-16(9-15)23(21,22)20-11-14(10-19)17(12-20)13-5-2-1-3-6-13;/h1-9,14,17H,10-12,19H2;1H/t14-,17+;/m1./s1. The van der Waals surface area contributed by atoms with Gasteiger partial charge in [0.1, 0.15) is 5.82 Å².